The van der Waals surface area contributed by atoms with Gasteiger partial charge >= 0.3 is 5.97 Å². The monoisotopic (exact) mass is 1050 g/mol. The molecule has 8 heterocycles. The molecule has 17 heteroatoms. The number of methoxy groups -OCH3 is 2. The zero-order valence-electron chi connectivity index (χ0n) is 45.2. The van der Waals surface area contributed by atoms with Crippen LogP contribution in [0.25, 0.3) is 33.3 Å². The van der Waals surface area contributed by atoms with E-state index in [1.54, 1.807) is 32.0 Å². The topological polar surface area (TPSA) is 210 Å². The highest BCUT2D eigenvalue weighted by Crippen LogP contribution is 2.36. The maximum atomic E-state index is 13.7. The smallest absolute Gasteiger partial charge is 0.336 e. The van der Waals surface area contributed by atoms with Gasteiger partial charge in [-0.05, 0) is 100 Å². The van der Waals surface area contributed by atoms with Crippen LogP contribution < -0.4 is 31.6 Å². The van der Waals surface area contributed by atoms with Crippen molar-refractivity contribution in [1.29, 1.82) is 0 Å². The van der Waals surface area contributed by atoms with E-state index in [1.165, 1.54) is 14.2 Å². The van der Waals surface area contributed by atoms with Gasteiger partial charge in [-0.1, -0.05) is 60.7 Å². The third kappa shape index (κ3) is 12.1. The van der Waals surface area contributed by atoms with Gasteiger partial charge in [0.2, 0.25) is 0 Å². The predicted molar refractivity (Wildman–Crippen MR) is 299 cm³/mol. The first kappa shape index (κ1) is 55.4. The van der Waals surface area contributed by atoms with Gasteiger partial charge in [0, 0.05) is 96.7 Å². The van der Waals surface area contributed by atoms with Crippen LogP contribution in [0.4, 0.5) is 0 Å². The Bertz CT molecular complexity index is 3480. The molecule has 2 aliphatic rings. The fraction of sp³-hybridized carbons (Fsp3) is 0.333. The number of fused-ring (bicyclic) bond motifs is 2. The van der Waals surface area contributed by atoms with Gasteiger partial charge < -0.3 is 53.9 Å². The van der Waals surface area contributed by atoms with Crippen LogP contribution in [0.5, 0.6) is 11.5 Å². The summed E-state index contributed by atoms with van der Waals surface area (Å²) in [5.41, 5.74) is 18.3. The number of hydrogen-bond acceptors (Lipinski definition) is 11. The maximum Gasteiger partial charge on any atom is 0.336 e. The molecule has 10 rings (SSSR count). The lowest BCUT2D eigenvalue weighted by atomic mass is 9.99. The van der Waals surface area contributed by atoms with E-state index in [-0.39, 0.29) is 42.2 Å². The van der Waals surface area contributed by atoms with Gasteiger partial charge in [0.25, 0.3) is 17.0 Å². The average molecular weight is 1050 g/mol. The number of H-pyrrole nitrogens is 2. The second-order valence-corrected chi connectivity index (χ2v) is 19.3. The first-order valence-electron chi connectivity index (χ1n) is 25.9. The van der Waals surface area contributed by atoms with E-state index in [9.17, 15) is 24.3 Å². The van der Waals surface area contributed by atoms with E-state index >= 15 is 0 Å². The highest BCUT2D eigenvalue weighted by atomic mass is 16.5. The molecule has 17 nitrogen and oxygen atoms in total. The molecule has 2 fully saturated rings. The van der Waals surface area contributed by atoms with Gasteiger partial charge in [-0.25, -0.2) is 4.79 Å². The number of carboxylic acids is 1. The van der Waals surface area contributed by atoms with Crippen LogP contribution in [0.3, 0.4) is 0 Å². The lowest BCUT2D eigenvalue weighted by Gasteiger charge is -2.34. The molecule has 2 unspecified atom stereocenters. The van der Waals surface area contributed by atoms with Crippen molar-refractivity contribution in [3.63, 3.8) is 0 Å². The number of carboxylic acid groups (broad SMARTS) is 1. The summed E-state index contributed by atoms with van der Waals surface area (Å²) in [5.74, 6) is -0.106. The molecule has 0 spiro atoms. The number of aryl methyl sites for hydroxylation is 2. The molecule has 0 bridgehead atoms. The van der Waals surface area contributed by atoms with Crippen LogP contribution in [-0.4, -0.2) is 112 Å². The predicted octanol–water partition coefficient (Wildman–Crippen LogP) is 8.40. The Morgan fingerprint density at radius 1 is 0.636 bits per heavy atom. The number of nitrogens with one attached hydrogen (secondary N) is 3. The van der Waals surface area contributed by atoms with Crippen molar-refractivity contribution in [2.45, 2.75) is 66.7 Å². The minimum absolute atomic E-state index is 0.0587. The molecule has 2 atom stereocenters. The second-order valence-electron chi connectivity index (χ2n) is 19.3. The quantitative estimate of drug-likeness (QED) is 0.0737. The molecule has 0 saturated carbocycles. The molecule has 8 aromatic rings. The molecule has 6 aromatic heterocycles. The van der Waals surface area contributed by atoms with Crippen molar-refractivity contribution in [3.05, 3.63) is 186 Å². The van der Waals surface area contributed by atoms with Gasteiger partial charge in [0.1, 0.15) is 11.5 Å². The summed E-state index contributed by atoms with van der Waals surface area (Å²) in [7, 11) is 3.04. The molecule has 6 N–H and O–H groups in total. The Morgan fingerprint density at radius 2 is 1.05 bits per heavy atom. The lowest BCUT2D eigenvalue weighted by molar-refractivity contribution is 0.0186. The summed E-state index contributed by atoms with van der Waals surface area (Å²) >= 11 is 0. The fourth-order valence-electron chi connectivity index (χ4n) is 10.6. The van der Waals surface area contributed by atoms with Crippen molar-refractivity contribution in [2.75, 3.05) is 66.8 Å². The molecule has 2 aromatic carbocycles. The Morgan fingerprint density at radius 3 is 1.48 bits per heavy atom. The highest BCUT2D eigenvalue weighted by molar-refractivity contribution is 5.99. The van der Waals surface area contributed by atoms with Crippen LogP contribution >= 0.6 is 0 Å². The Hall–Kier alpha value is -7.80. The summed E-state index contributed by atoms with van der Waals surface area (Å²) in [6.07, 6.45) is 4.15. The number of hydrogen-bond donors (Lipinski definition) is 5. The van der Waals surface area contributed by atoms with Gasteiger partial charge in [-0.15, -0.1) is 0 Å². The first-order valence-corrected chi connectivity index (χ1v) is 25.9. The third-order valence-electron chi connectivity index (χ3n) is 14.7. The minimum atomic E-state index is -0.884. The Labute approximate surface area is 448 Å². The SMILES string of the molecule is COc1cc(C)[nH]c(=O)c1CN.COc1cc(C)[nH]c(=O)c1CNC(=O)c1cc2c(-c3ccccc3)ccn2c(C(C)N2CCOCC2)c1C.Cc1c(C(=O)O)cc2c(-c3ccccc3)ccn2c1C(C)N1CCOCC1. The van der Waals surface area contributed by atoms with Crippen molar-refractivity contribution in [2.24, 2.45) is 5.73 Å². The molecular formula is C60H70N8O9. The summed E-state index contributed by atoms with van der Waals surface area (Å²) in [6, 6.07) is 31.9. The molecular weight excluding hydrogens is 977 g/mol. The van der Waals surface area contributed by atoms with Crippen LogP contribution in [0, 0.1) is 27.7 Å². The highest BCUT2D eigenvalue weighted by Gasteiger charge is 2.28. The summed E-state index contributed by atoms with van der Waals surface area (Å²) in [4.78, 5) is 59.6. The molecule has 2 saturated heterocycles. The normalized spacial score (nSPS) is 14.7. The van der Waals surface area contributed by atoms with Crippen molar-refractivity contribution in [1.82, 2.24) is 33.9 Å². The largest absolute Gasteiger partial charge is 0.496 e. The van der Waals surface area contributed by atoms with E-state index in [2.05, 4.69) is 96.5 Å². The number of ether oxygens (including phenoxy) is 4. The van der Waals surface area contributed by atoms with Crippen LogP contribution in [0.15, 0.2) is 119 Å². The average Bonchev–Trinajstić information content (AvgIpc) is 4.10. The standard InChI is InChI=1S/C30H34N4O4.C22H24N2O3.C8H12N2O2/c1-19-16-27(37-4)25(30(36)32-19)18-31-29(35)24-17-26-23(22-8-6-5-7-9-22)10-11-34(26)28(20(24)2)21(3)33-12-14-38-15-13-33;1-15-19(22(25)26)14-20-18(17-6-4-3-5-7-17)8-9-24(20)21(15)16(2)23-10-12-27-13-11-23;1-5-3-7(12-2)6(4-9)8(11)10-5/h5-11,16-17,21H,12-15,18H2,1-4H3,(H,31,35)(H,32,36);3-9,14,16H,10-13H2,1-2H3,(H,25,26);3H,4,9H2,1-2H3,(H,10,11). The maximum absolute atomic E-state index is 13.7. The second kappa shape index (κ2) is 24.9. The van der Waals surface area contributed by atoms with Crippen LogP contribution in [0.1, 0.15) is 91.7 Å². The molecule has 0 radical (unpaired) electrons. The summed E-state index contributed by atoms with van der Waals surface area (Å²) in [5, 5.41) is 12.8. The van der Waals surface area contributed by atoms with Crippen molar-refractivity contribution < 1.29 is 33.6 Å². The fourth-order valence-corrected chi connectivity index (χ4v) is 10.6. The molecule has 1 amide bonds. The third-order valence-corrected chi connectivity index (χ3v) is 14.7. The number of aromatic carboxylic acids is 1. The number of nitrogens with zero attached hydrogens (tertiary/aromatic N) is 4. The number of aromatic amines is 2. The van der Waals surface area contributed by atoms with Gasteiger partial charge in [-0.2, -0.15) is 0 Å². The Balaban J connectivity index is 0.000000174. The van der Waals surface area contributed by atoms with E-state index in [1.807, 2.05) is 56.3 Å². The number of amides is 1. The van der Waals surface area contributed by atoms with Crippen LogP contribution in [-0.2, 0) is 22.6 Å². The van der Waals surface area contributed by atoms with E-state index < -0.39 is 5.97 Å². The molecule has 404 valence electrons. The van der Waals surface area contributed by atoms with E-state index in [0.717, 1.165) is 87.7 Å². The van der Waals surface area contributed by atoms with Crippen LogP contribution in [0.2, 0.25) is 0 Å². The minimum Gasteiger partial charge on any atom is -0.496 e. The summed E-state index contributed by atoms with van der Waals surface area (Å²) in [6.45, 7) is 18.3. The molecule has 0 aliphatic carbocycles. The van der Waals surface area contributed by atoms with Crippen molar-refractivity contribution >= 4 is 22.9 Å². The number of aromatic nitrogens is 4. The van der Waals surface area contributed by atoms with Crippen molar-refractivity contribution in [3.8, 4) is 33.8 Å². The number of morpholine rings is 2. The molecule has 77 heavy (non-hydrogen) atoms. The number of carbonyl (C=O) groups excluding carboxylic acids is 1. The number of benzene rings is 2. The van der Waals surface area contributed by atoms with Gasteiger partial charge in [-0.3, -0.25) is 24.2 Å². The summed E-state index contributed by atoms with van der Waals surface area (Å²) < 4.78 is 25.8. The first-order chi connectivity index (χ1) is 37.1. The molecule has 2 aliphatic heterocycles. The number of carbonyl (C=O) groups is 2. The van der Waals surface area contributed by atoms with E-state index in [0.29, 0.717) is 65.9 Å². The number of nitrogens with two attached hydrogens (primary N) is 1. The van der Waals surface area contributed by atoms with E-state index in [4.69, 9.17) is 24.7 Å². The number of pyridine rings is 4. The zero-order chi connectivity index (χ0) is 54.9. The van der Waals surface area contributed by atoms with Gasteiger partial charge in [0.15, 0.2) is 0 Å². The van der Waals surface area contributed by atoms with Gasteiger partial charge in [0.05, 0.1) is 74.9 Å². The lowest BCUT2D eigenvalue weighted by Crippen LogP contribution is -2.39. The zero-order valence-corrected chi connectivity index (χ0v) is 45.2. The Kier molecular flexibility index (Phi) is 17.9. The number of rotatable bonds is 13.